The Morgan fingerprint density at radius 1 is 1.43 bits per heavy atom. The average molecular weight is 221 g/mol. The lowest BCUT2D eigenvalue weighted by Crippen LogP contribution is -2.33. The van der Waals surface area contributed by atoms with E-state index in [4.69, 9.17) is 4.74 Å². The normalized spacial score (nSPS) is 17.7. The van der Waals surface area contributed by atoms with Gasteiger partial charge in [0.1, 0.15) is 0 Å². The second-order valence-electron chi connectivity index (χ2n) is 3.61. The van der Waals surface area contributed by atoms with Crippen LogP contribution in [-0.2, 0) is 15.5 Å². The van der Waals surface area contributed by atoms with E-state index >= 15 is 0 Å². The molecule has 86 valence electrons. The second-order valence-corrected chi connectivity index (χ2v) is 5.41. The Hall–Kier alpha value is 0.0700. The van der Waals surface area contributed by atoms with Gasteiger partial charge in [0, 0.05) is 35.0 Å². The summed E-state index contributed by atoms with van der Waals surface area (Å²) in [4.78, 5) is 0. The molecule has 0 aliphatic carbocycles. The number of ether oxygens (including phenoxy) is 1. The summed E-state index contributed by atoms with van der Waals surface area (Å²) in [6.07, 6.45) is 2.72. The Balaban J connectivity index is 3.39. The minimum absolute atomic E-state index is 0.279. The van der Waals surface area contributed by atoms with Gasteiger partial charge in [0.15, 0.2) is 0 Å². The summed E-state index contributed by atoms with van der Waals surface area (Å²) in [5.41, 5.74) is 0. The molecule has 0 aromatic carbocycles. The van der Waals surface area contributed by atoms with E-state index < -0.39 is 10.8 Å². The van der Waals surface area contributed by atoms with Crippen LogP contribution < -0.4 is 5.32 Å². The fraction of sp³-hybridized carbons (Fsp3) is 1.00. The maximum Gasteiger partial charge on any atom is 0.0616 e. The highest BCUT2D eigenvalue weighted by Gasteiger charge is 2.06. The minimum Gasteiger partial charge on any atom is -0.380 e. The van der Waals surface area contributed by atoms with Crippen LogP contribution in [0.5, 0.6) is 0 Å². The highest BCUT2D eigenvalue weighted by molar-refractivity contribution is 7.84. The van der Waals surface area contributed by atoms with Crippen LogP contribution >= 0.6 is 0 Å². The summed E-state index contributed by atoms with van der Waals surface area (Å²) in [6, 6.07) is 0.382. The molecule has 1 N–H and O–H groups in total. The maximum absolute atomic E-state index is 11.1. The van der Waals surface area contributed by atoms with Gasteiger partial charge in [-0.1, -0.05) is 6.92 Å². The van der Waals surface area contributed by atoms with E-state index in [1.54, 1.807) is 6.26 Å². The van der Waals surface area contributed by atoms with Gasteiger partial charge in [0.05, 0.1) is 6.61 Å². The van der Waals surface area contributed by atoms with Crippen molar-refractivity contribution in [1.82, 2.24) is 5.32 Å². The molecule has 0 spiro atoms. The second kappa shape index (κ2) is 8.38. The number of nitrogens with one attached hydrogen (secondary N) is 1. The molecule has 0 rings (SSSR count). The van der Waals surface area contributed by atoms with Crippen molar-refractivity contribution in [2.75, 3.05) is 26.0 Å². The molecular formula is C10H23NO2S. The van der Waals surface area contributed by atoms with Gasteiger partial charge < -0.3 is 10.1 Å². The van der Waals surface area contributed by atoms with Crippen LogP contribution in [0.25, 0.3) is 0 Å². The number of rotatable bonds is 8. The van der Waals surface area contributed by atoms with Crippen LogP contribution in [0.4, 0.5) is 0 Å². The summed E-state index contributed by atoms with van der Waals surface area (Å²) in [5, 5.41) is 3.62. The molecule has 3 unspecified atom stereocenters. The van der Waals surface area contributed by atoms with Crippen molar-refractivity contribution in [3.63, 3.8) is 0 Å². The minimum atomic E-state index is -0.702. The summed E-state index contributed by atoms with van der Waals surface area (Å²) in [7, 11) is -0.702. The lowest BCUT2D eigenvalue weighted by Gasteiger charge is -2.15. The fourth-order valence-corrected chi connectivity index (χ4v) is 1.50. The third-order valence-electron chi connectivity index (χ3n) is 2.18. The first-order valence-electron chi connectivity index (χ1n) is 5.21. The third-order valence-corrected chi connectivity index (χ3v) is 3.55. The first-order valence-corrected chi connectivity index (χ1v) is 6.83. The number of hydrogen-bond donors (Lipinski definition) is 1. The molecule has 0 fully saturated rings. The van der Waals surface area contributed by atoms with E-state index in [1.807, 2.05) is 13.8 Å². The van der Waals surface area contributed by atoms with Gasteiger partial charge in [-0.2, -0.15) is 0 Å². The molecule has 0 amide bonds. The zero-order valence-corrected chi connectivity index (χ0v) is 10.5. The van der Waals surface area contributed by atoms with Crippen molar-refractivity contribution in [3.8, 4) is 0 Å². The first kappa shape index (κ1) is 14.1. The first-order chi connectivity index (χ1) is 6.57. The van der Waals surface area contributed by atoms with Crippen molar-refractivity contribution < 1.29 is 8.95 Å². The highest BCUT2D eigenvalue weighted by Crippen LogP contribution is 1.97. The Kier molecular flexibility index (Phi) is 8.43. The van der Waals surface area contributed by atoms with Crippen LogP contribution in [0, 0.1) is 0 Å². The van der Waals surface area contributed by atoms with E-state index in [-0.39, 0.29) is 5.25 Å². The molecule has 0 saturated heterocycles. The van der Waals surface area contributed by atoms with Gasteiger partial charge in [-0.05, 0) is 26.8 Å². The zero-order valence-electron chi connectivity index (χ0n) is 9.71. The standard InChI is InChI=1S/C10H23NO2S/c1-5-13-8-9(2)11-7-6-10(3)14(4)12/h9-11H,5-8H2,1-4H3. The molecule has 3 nitrogen and oxygen atoms in total. The summed E-state index contributed by atoms with van der Waals surface area (Å²) < 4.78 is 16.3. The summed E-state index contributed by atoms with van der Waals surface area (Å²) >= 11 is 0. The van der Waals surface area contributed by atoms with Gasteiger partial charge >= 0.3 is 0 Å². The Labute approximate surface area is 90.1 Å². The maximum atomic E-state index is 11.1. The predicted molar refractivity (Wildman–Crippen MR) is 62.1 cm³/mol. The molecule has 4 heteroatoms. The smallest absolute Gasteiger partial charge is 0.0616 e. The van der Waals surface area contributed by atoms with Gasteiger partial charge in [0.25, 0.3) is 0 Å². The van der Waals surface area contributed by atoms with E-state index in [2.05, 4.69) is 12.2 Å². The Morgan fingerprint density at radius 3 is 2.57 bits per heavy atom. The average Bonchev–Trinajstić information content (AvgIpc) is 2.14. The van der Waals surface area contributed by atoms with Crippen LogP contribution in [0.3, 0.4) is 0 Å². The van der Waals surface area contributed by atoms with Crippen molar-refractivity contribution in [2.45, 2.75) is 38.5 Å². The SMILES string of the molecule is CCOCC(C)NCCC(C)S(C)=O. The molecule has 0 radical (unpaired) electrons. The van der Waals surface area contributed by atoms with Crippen molar-refractivity contribution >= 4 is 10.8 Å². The number of hydrogen-bond acceptors (Lipinski definition) is 3. The van der Waals surface area contributed by atoms with Crippen LogP contribution in [0.15, 0.2) is 0 Å². The molecule has 0 aromatic heterocycles. The predicted octanol–water partition coefficient (Wildman–Crippen LogP) is 1.16. The van der Waals surface area contributed by atoms with Crippen LogP contribution in [0.2, 0.25) is 0 Å². The topological polar surface area (TPSA) is 38.3 Å². The summed E-state index contributed by atoms with van der Waals surface area (Å²) in [6.45, 7) is 8.54. The highest BCUT2D eigenvalue weighted by atomic mass is 32.2. The molecule has 0 bridgehead atoms. The Morgan fingerprint density at radius 2 is 2.07 bits per heavy atom. The van der Waals surface area contributed by atoms with E-state index in [1.165, 1.54) is 0 Å². The van der Waals surface area contributed by atoms with Gasteiger partial charge in [-0.25, -0.2) is 0 Å². The summed E-state index contributed by atoms with van der Waals surface area (Å²) in [5.74, 6) is 0. The van der Waals surface area contributed by atoms with Crippen LogP contribution in [0.1, 0.15) is 27.2 Å². The van der Waals surface area contributed by atoms with Crippen LogP contribution in [-0.4, -0.2) is 41.5 Å². The molecule has 3 atom stereocenters. The van der Waals surface area contributed by atoms with Gasteiger partial charge in [0.2, 0.25) is 0 Å². The van der Waals surface area contributed by atoms with Crippen molar-refractivity contribution in [2.24, 2.45) is 0 Å². The van der Waals surface area contributed by atoms with Gasteiger partial charge in [-0.15, -0.1) is 0 Å². The lowest BCUT2D eigenvalue weighted by atomic mass is 10.3. The van der Waals surface area contributed by atoms with Gasteiger partial charge in [-0.3, -0.25) is 4.21 Å². The molecule has 0 aliphatic heterocycles. The monoisotopic (exact) mass is 221 g/mol. The molecule has 0 aromatic rings. The molecule has 0 heterocycles. The quantitative estimate of drug-likeness (QED) is 0.668. The molecular weight excluding hydrogens is 198 g/mol. The van der Waals surface area contributed by atoms with E-state index in [0.29, 0.717) is 6.04 Å². The van der Waals surface area contributed by atoms with Crippen molar-refractivity contribution in [1.29, 1.82) is 0 Å². The molecule has 14 heavy (non-hydrogen) atoms. The van der Waals surface area contributed by atoms with Crippen molar-refractivity contribution in [3.05, 3.63) is 0 Å². The Bertz CT molecular complexity index is 164. The van der Waals surface area contributed by atoms with E-state index in [9.17, 15) is 4.21 Å². The molecule has 0 aliphatic rings. The lowest BCUT2D eigenvalue weighted by molar-refractivity contribution is 0.127. The largest absolute Gasteiger partial charge is 0.380 e. The van der Waals surface area contributed by atoms with E-state index in [0.717, 1.165) is 26.2 Å². The fourth-order valence-electron chi connectivity index (χ4n) is 1.05. The molecule has 0 saturated carbocycles. The third kappa shape index (κ3) is 7.47. The zero-order chi connectivity index (χ0) is 11.0.